The highest BCUT2D eigenvalue weighted by atomic mass is 16.5. The molecule has 52 heavy (non-hydrogen) atoms. The molecule has 2 N–H and O–H groups in total. The fourth-order valence-electron chi connectivity index (χ4n) is 9.80. The molecule has 4 atom stereocenters. The van der Waals surface area contributed by atoms with Gasteiger partial charge in [0.2, 0.25) is 0 Å². The van der Waals surface area contributed by atoms with E-state index < -0.39 is 57.0 Å². The van der Waals surface area contributed by atoms with Gasteiger partial charge in [0.15, 0.2) is 11.6 Å². The maximum absolute atomic E-state index is 13.5. The van der Waals surface area contributed by atoms with E-state index in [9.17, 15) is 29.4 Å². The molecule has 2 aromatic rings. The van der Waals surface area contributed by atoms with E-state index in [1.165, 1.54) is 0 Å². The monoisotopic (exact) mass is 702 g/mol. The van der Waals surface area contributed by atoms with Crippen LogP contribution < -0.4 is 0 Å². The van der Waals surface area contributed by atoms with Gasteiger partial charge in [-0.25, -0.2) is 9.59 Å². The first kappa shape index (κ1) is 34.7. The lowest BCUT2D eigenvalue weighted by Crippen LogP contribution is -2.50. The zero-order valence-electron chi connectivity index (χ0n) is 31.1. The lowest BCUT2D eigenvalue weighted by atomic mass is 9.67. The molecule has 0 amide bonds. The number of esters is 2. The Bertz CT molecular complexity index is 1970. The number of aliphatic hydroxyl groups is 2. The Hall–Kier alpha value is -4.40. The van der Waals surface area contributed by atoms with Crippen LogP contribution in [0.25, 0.3) is 11.1 Å². The van der Waals surface area contributed by atoms with Crippen LogP contribution in [-0.4, -0.2) is 57.1 Å². The first-order valence-electron chi connectivity index (χ1n) is 18.3. The molecule has 2 fully saturated rings. The van der Waals surface area contributed by atoms with E-state index in [-0.39, 0.29) is 11.6 Å². The Kier molecular flexibility index (Phi) is 7.07. The third-order valence-electron chi connectivity index (χ3n) is 13.5. The third kappa shape index (κ3) is 4.52. The Morgan fingerprint density at radius 3 is 1.17 bits per heavy atom. The molecule has 0 bridgehead atoms. The van der Waals surface area contributed by atoms with E-state index in [1.807, 2.05) is 78.0 Å². The Morgan fingerprint density at radius 1 is 0.577 bits per heavy atom. The van der Waals surface area contributed by atoms with Crippen molar-refractivity contribution in [3.63, 3.8) is 0 Å². The maximum atomic E-state index is 13.5. The summed E-state index contributed by atoms with van der Waals surface area (Å²) in [5, 5.41) is 22.4. The SMILES string of the molecule is CC1=C2C(=CC(C)(C)[C@@H]2OC(=O)c2ccc(-c3ccc(C(=O)O[C@@H]4C5=C(C)C6(CC6)[C@@](C)(O)C(=O)C5=CC4(C)C)cc3)cc2)C(=O)[C@](C)(O)C12CC2. The summed E-state index contributed by atoms with van der Waals surface area (Å²) in [6.07, 6.45) is 5.27. The Balaban J connectivity index is 0.974. The predicted octanol–water partition coefficient (Wildman–Crippen LogP) is 7.20. The standard InChI is InChI=1S/C44H46O8/c1-23-31-29(33(45)41(7,49)43(23)17-18-43)21-39(3,4)35(31)51-37(47)27-13-9-25(10-14-27)26-11-15-28(16-12-26)38(48)52-36-32-24(2)44(19-20-44)42(8,50)34(46)30(32)22-40(36,5)6/h9-16,21-22,35-36,49-50H,17-20H2,1-8H3/t35-,36-,41+,42+/m1/s1. The third-order valence-corrected chi connectivity index (χ3v) is 13.5. The fraction of sp³-hybridized carbons (Fsp3) is 0.455. The van der Waals surface area contributed by atoms with Crippen LogP contribution in [0.15, 0.2) is 94.1 Å². The molecule has 0 unspecified atom stereocenters. The summed E-state index contributed by atoms with van der Waals surface area (Å²) in [5.41, 5.74) is 1.24. The summed E-state index contributed by atoms with van der Waals surface area (Å²) >= 11 is 0. The van der Waals surface area contributed by atoms with Crippen LogP contribution in [-0.2, 0) is 19.1 Å². The fourth-order valence-corrected chi connectivity index (χ4v) is 9.80. The molecule has 0 aromatic heterocycles. The zero-order valence-corrected chi connectivity index (χ0v) is 31.1. The van der Waals surface area contributed by atoms with E-state index in [0.717, 1.165) is 59.1 Å². The lowest BCUT2D eigenvalue weighted by molar-refractivity contribution is -0.138. The van der Waals surface area contributed by atoms with Gasteiger partial charge in [-0.05, 0) is 88.8 Å². The second kappa shape index (κ2) is 10.6. The van der Waals surface area contributed by atoms with E-state index in [0.29, 0.717) is 22.3 Å². The van der Waals surface area contributed by atoms with Crippen LogP contribution in [0, 0.1) is 21.7 Å². The lowest BCUT2D eigenvalue weighted by Gasteiger charge is -2.40. The van der Waals surface area contributed by atoms with Crippen LogP contribution in [0.4, 0.5) is 0 Å². The summed E-state index contributed by atoms with van der Waals surface area (Å²) in [6.45, 7) is 14.9. The van der Waals surface area contributed by atoms with E-state index in [2.05, 4.69) is 0 Å². The predicted molar refractivity (Wildman–Crippen MR) is 194 cm³/mol. The Morgan fingerprint density at radius 2 is 0.885 bits per heavy atom. The summed E-state index contributed by atoms with van der Waals surface area (Å²) < 4.78 is 12.3. The van der Waals surface area contributed by atoms with Gasteiger partial charge in [0, 0.05) is 44.0 Å². The van der Waals surface area contributed by atoms with Crippen molar-refractivity contribution in [2.45, 2.75) is 104 Å². The second-order valence-corrected chi connectivity index (χ2v) is 17.5. The van der Waals surface area contributed by atoms with Gasteiger partial charge in [-0.1, -0.05) is 75.3 Å². The van der Waals surface area contributed by atoms with Crippen molar-refractivity contribution in [3.8, 4) is 11.1 Å². The molecule has 8 nitrogen and oxygen atoms in total. The number of carbonyl (C=O) groups is 4. The summed E-state index contributed by atoms with van der Waals surface area (Å²) in [6, 6.07) is 14.1. The van der Waals surface area contributed by atoms with Gasteiger partial charge in [-0.3, -0.25) is 9.59 Å². The molecule has 8 rings (SSSR count). The largest absolute Gasteiger partial charge is 0.453 e. The molecule has 270 valence electrons. The topological polar surface area (TPSA) is 127 Å². The maximum Gasteiger partial charge on any atom is 0.338 e. The summed E-state index contributed by atoms with van der Waals surface area (Å²) in [5.74, 6) is -1.60. The molecule has 8 heteroatoms. The first-order chi connectivity index (χ1) is 24.2. The number of hydrogen-bond acceptors (Lipinski definition) is 8. The van der Waals surface area contributed by atoms with Crippen LogP contribution in [0.1, 0.15) is 102 Å². The average Bonchev–Trinajstić information content (AvgIpc) is 4.02. The highest BCUT2D eigenvalue weighted by Crippen LogP contribution is 2.67. The molecular weight excluding hydrogens is 656 g/mol. The Labute approximate surface area is 304 Å². The van der Waals surface area contributed by atoms with Crippen molar-refractivity contribution in [3.05, 3.63) is 105 Å². The van der Waals surface area contributed by atoms with Gasteiger partial charge < -0.3 is 19.7 Å². The number of benzene rings is 2. The number of ether oxygens (including phenoxy) is 2. The van der Waals surface area contributed by atoms with E-state index in [4.69, 9.17) is 9.47 Å². The molecule has 6 aliphatic carbocycles. The molecular formula is C44H46O8. The van der Waals surface area contributed by atoms with E-state index >= 15 is 0 Å². The summed E-state index contributed by atoms with van der Waals surface area (Å²) in [7, 11) is 0. The van der Waals surface area contributed by atoms with Gasteiger partial charge in [0.25, 0.3) is 0 Å². The van der Waals surface area contributed by atoms with Crippen molar-refractivity contribution in [1.82, 2.24) is 0 Å². The minimum Gasteiger partial charge on any atom is -0.453 e. The molecule has 6 aliphatic rings. The van der Waals surface area contributed by atoms with Crippen molar-refractivity contribution in [2.24, 2.45) is 21.7 Å². The van der Waals surface area contributed by atoms with Gasteiger partial charge in [0.1, 0.15) is 23.4 Å². The van der Waals surface area contributed by atoms with Crippen molar-refractivity contribution < 1.29 is 38.9 Å². The number of fused-ring (bicyclic) bond motifs is 2. The molecule has 0 aliphatic heterocycles. The van der Waals surface area contributed by atoms with Gasteiger partial charge in [-0.2, -0.15) is 0 Å². The van der Waals surface area contributed by atoms with Crippen LogP contribution >= 0.6 is 0 Å². The molecule has 2 aromatic carbocycles. The number of hydrogen-bond donors (Lipinski definition) is 2. The molecule has 0 radical (unpaired) electrons. The number of rotatable bonds is 5. The molecule has 2 saturated carbocycles. The molecule has 0 heterocycles. The highest BCUT2D eigenvalue weighted by molar-refractivity contribution is 6.10. The molecule has 2 spiro atoms. The number of carbonyl (C=O) groups excluding carboxylic acids is 4. The zero-order chi connectivity index (χ0) is 37.6. The van der Waals surface area contributed by atoms with Crippen molar-refractivity contribution in [2.75, 3.05) is 0 Å². The quantitative estimate of drug-likeness (QED) is 0.314. The first-order valence-corrected chi connectivity index (χ1v) is 18.3. The van der Waals surface area contributed by atoms with Crippen molar-refractivity contribution >= 4 is 23.5 Å². The van der Waals surface area contributed by atoms with Crippen molar-refractivity contribution in [1.29, 1.82) is 0 Å². The van der Waals surface area contributed by atoms with Crippen LogP contribution in [0.5, 0.6) is 0 Å². The van der Waals surface area contributed by atoms with Gasteiger partial charge in [-0.15, -0.1) is 0 Å². The number of Topliss-reactive ketones (excluding diaryl/α,β-unsaturated/α-hetero) is 2. The van der Waals surface area contributed by atoms with E-state index in [1.54, 1.807) is 38.1 Å². The second-order valence-electron chi connectivity index (χ2n) is 17.5. The van der Waals surface area contributed by atoms with Crippen LogP contribution in [0.3, 0.4) is 0 Å². The smallest absolute Gasteiger partial charge is 0.338 e. The average molecular weight is 703 g/mol. The minimum atomic E-state index is -1.47. The van der Waals surface area contributed by atoms with Gasteiger partial charge in [0.05, 0.1) is 11.1 Å². The number of ketones is 2. The van der Waals surface area contributed by atoms with Gasteiger partial charge >= 0.3 is 11.9 Å². The highest BCUT2D eigenvalue weighted by Gasteiger charge is 2.68. The van der Waals surface area contributed by atoms with Crippen LogP contribution in [0.2, 0.25) is 0 Å². The summed E-state index contributed by atoms with van der Waals surface area (Å²) in [4.78, 5) is 53.9. The molecule has 0 saturated heterocycles. The normalized spacial score (nSPS) is 31.3. The minimum absolute atomic E-state index is 0.302.